The zero-order valence-electron chi connectivity index (χ0n) is 9.64. The highest BCUT2D eigenvalue weighted by molar-refractivity contribution is 9.10. The Morgan fingerprint density at radius 1 is 1.33 bits per heavy atom. The van der Waals surface area contributed by atoms with Gasteiger partial charge in [0.2, 0.25) is 0 Å². The molecule has 0 radical (unpaired) electrons. The van der Waals surface area contributed by atoms with E-state index in [0.717, 1.165) is 14.6 Å². The summed E-state index contributed by atoms with van der Waals surface area (Å²) in [5, 5.41) is 0. The number of methoxy groups -OCH3 is 1. The number of H-pyrrole nitrogens is 1. The lowest BCUT2D eigenvalue weighted by Crippen LogP contribution is -2.34. The van der Waals surface area contributed by atoms with Crippen molar-refractivity contribution in [3.05, 3.63) is 61.3 Å². The van der Waals surface area contributed by atoms with Crippen molar-refractivity contribution in [1.82, 2.24) is 9.55 Å². The van der Waals surface area contributed by atoms with Gasteiger partial charge in [-0.15, -0.1) is 0 Å². The van der Waals surface area contributed by atoms with Gasteiger partial charge in [-0.05, 0) is 18.2 Å². The summed E-state index contributed by atoms with van der Waals surface area (Å²) in [6.45, 7) is 0.164. The molecule has 0 aliphatic rings. The zero-order chi connectivity index (χ0) is 13.1. The Bertz CT molecular complexity index is 647. The van der Waals surface area contributed by atoms with Crippen molar-refractivity contribution in [3.8, 4) is 5.75 Å². The second-order valence-electron chi connectivity index (χ2n) is 3.66. The van der Waals surface area contributed by atoms with Gasteiger partial charge in [-0.1, -0.05) is 15.9 Å². The topological polar surface area (TPSA) is 64.1 Å². The predicted molar refractivity (Wildman–Crippen MR) is 71.1 cm³/mol. The summed E-state index contributed by atoms with van der Waals surface area (Å²) in [7, 11) is 1.55. The van der Waals surface area contributed by atoms with Gasteiger partial charge in [-0.2, -0.15) is 0 Å². The van der Waals surface area contributed by atoms with Crippen LogP contribution in [0.2, 0.25) is 0 Å². The Morgan fingerprint density at radius 2 is 2.11 bits per heavy atom. The fraction of sp³-hybridized carbons (Fsp3) is 0.167. The predicted octanol–water partition coefficient (Wildman–Crippen LogP) is 1.36. The lowest BCUT2D eigenvalue weighted by atomic mass is 10.2. The Labute approximate surface area is 111 Å². The van der Waals surface area contributed by atoms with E-state index in [1.807, 2.05) is 12.1 Å². The van der Waals surface area contributed by atoms with E-state index in [1.54, 1.807) is 13.2 Å². The van der Waals surface area contributed by atoms with Crippen LogP contribution in [0.15, 0.2) is 44.5 Å². The van der Waals surface area contributed by atoms with Gasteiger partial charge in [0.05, 0.1) is 13.7 Å². The van der Waals surface area contributed by atoms with E-state index in [-0.39, 0.29) is 12.1 Å². The number of halogens is 1. The third kappa shape index (κ3) is 2.53. The molecule has 18 heavy (non-hydrogen) atoms. The minimum atomic E-state index is -0.440. The van der Waals surface area contributed by atoms with Crippen molar-refractivity contribution in [2.75, 3.05) is 7.11 Å². The Morgan fingerprint density at radius 3 is 2.78 bits per heavy atom. The molecule has 1 aromatic heterocycles. The third-order valence-electron chi connectivity index (χ3n) is 2.51. The second-order valence-corrected chi connectivity index (χ2v) is 4.58. The van der Waals surface area contributed by atoms with E-state index in [2.05, 4.69) is 20.9 Å². The number of hydrogen-bond donors (Lipinski definition) is 1. The molecule has 0 aliphatic carbocycles. The van der Waals surface area contributed by atoms with Crippen molar-refractivity contribution in [2.24, 2.45) is 0 Å². The molecule has 0 saturated heterocycles. The summed E-state index contributed by atoms with van der Waals surface area (Å²) in [5.74, 6) is 0.633. The molecule has 2 rings (SSSR count). The van der Waals surface area contributed by atoms with Crippen LogP contribution in [0, 0.1) is 0 Å². The molecule has 0 bridgehead atoms. The average Bonchev–Trinajstić information content (AvgIpc) is 2.34. The molecule has 0 atom stereocenters. The molecule has 94 valence electrons. The fourth-order valence-corrected chi connectivity index (χ4v) is 2.05. The number of ether oxygens (including phenoxy) is 1. The lowest BCUT2D eigenvalue weighted by molar-refractivity contribution is 0.407. The molecule has 1 heterocycles. The van der Waals surface area contributed by atoms with Crippen LogP contribution >= 0.6 is 15.9 Å². The van der Waals surface area contributed by atoms with Crippen LogP contribution in [0.4, 0.5) is 0 Å². The van der Waals surface area contributed by atoms with Crippen molar-refractivity contribution < 1.29 is 4.74 Å². The lowest BCUT2D eigenvalue weighted by Gasteiger charge is -2.09. The minimum absolute atomic E-state index is 0.164. The van der Waals surface area contributed by atoms with E-state index in [0.29, 0.717) is 5.75 Å². The maximum absolute atomic E-state index is 11.6. The van der Waals surface area contributed by atoms with Crippen LogP contribution in [0.3, 0.4) is 0 Å². The molecule has 6 heteroatoms. The monoisotopic (exact) mass is 310 g/mol. The summed E-state index contributed by atoms with van der Waals surface area (Å²) < 4.78 is 7.18. The summed E-state index contributed by atoms with van der Waals surface area (Å²) in [6.07, 6.45) is 1.33. The smallest absolute Gasteiger partial charge is 0.328 e. The van der Waals surface area contributed by atoms with Crippen molar-refractivity contribution in [2.45, 2.75) is 6.54 Å². The Kier molecular flexibility index (Phi) is 3.66. The van der Waals surface area contributed by atoms with Crippen LogP contribution < -0.4 is 16.0 Å². The molecule has 1 N–H and O–H groups in total. The molecule has 1 aromatic carbocycles. The van der Waals surface area contributed by atoms with Gasteiger partial charge in [-0.25, -0.2) is 4.79 Å². The molecular weight excluding hydrogens is 300 g/mol. The van der Waals surface area contributed by atoms with Gasteiger partial charge in [0.1, 0.15) is 5.75 Å². The molecule has 5 nitrogen and oxygen atoms in total. The van der Waals surface area contributed by atoms with Gasteiger partial charge in [0, 0.05) is 22.3 Å². The second kappa shape index (κ2) is 5.22. The largest absolute Gasteiger partial charge is 0.496 e. The summed E-state index contributed by atoms with van der Waals surface area (Å²) >= 11 is 3.35. The van der Waals surface area contributed by atoms with Gasteiger partial charge in [-0.3, -0.25) is 9.36 Å². The highest BCUT2D eigenvalue weighted by Crippen LogP contribution is 2.23. The van der Waals surface area contributed by atoms with E-state index in [4.69, 9.17) is 4.74 Å². The zero-order valence-corrected chi connectivity index (χ0v) is 11.2. The molecule has 0 amide bonds. The summed E-state index contributed by atoms with van der Waals surface area (Å²) in [5.41, 5.74) is -0.0315. The normalized spacial score (nSPS) is 10.3. The Balaban J connectivity index is 2.49. The van der Waals surface area contributed by atoms with Gasteiger partial charge in [0.15, 0.2) is 0 Å². The summed E-state index contributed by atoms with van der Waals surface area (Å²) in [4.78, 5) is 25.7. The molecule has 2 aromatic rings. The third-order valence-corrected chi connectivity index (χ3v) is 3.01. The molecule has 0 saturated carbocycles. The number of aromatic amines is 1. The van der Waals surface area contributed by atoms with Crippen LogP contribution in [-0.2, 0) is 6.54 Å². The Hall–Kier alpha value is -1.82. The first-order valence-electron chi connectivity index (χ1n) is 5.23. The van der Waals surface area contributed by atoms with E-state index in [9.17, 15) is 9.59 Å². The molecule has 0 spiro atoms. The SMILES string of the molecule is COc1ccc(Br)cc1Cn1c(=O)cc[nH]c1=O. The average molecular weight is 311 g/mol. The van der Waals surface area contributed by atoms with Crippen LogP contribution in [-0.4, -0.2) is 16.7 Å². The van der Waals surface area contributed by atoms with Gasteiger partial charge in [0.25, 0.3) is 5.56 Å². The van der Waals surface area contributed by atoms with E-state index in [1.165, 1.54) is 12.3 Å². The van der Waals surface area contributed by atoms with Crippen LogP contribution in [0.25, 0.3) is 0 Å². The minimum Gasteiger partial charge on any atom is -0.496 e. The maximum atomic E-state index is 11.6. The highest BCUT2D eigenvalue weighted by atomic mass is 79.9. The van der Waals surface area contributed by atoms with Gasteiger partial charge < -0.3 is 9.72 Å². The van der Waals surface area contributed by atoms with Crippen molar-refractivity contribution >= 4 is 15.9 Å². The maximum Gasteiger partial charge on any atom is 0.328 e. The first-order chi connectivity index (χ1) is 8.61. The number of rotatable bonds is 3. The number of nitrogens with one attached hydrogen (secondary N) is 1. The quantitative estimate of drug-likeness (QED) is 0.931. The van der Waals surface area contributed by atoms with E-state index >= 15 is 0 Å². The first kappa shape index (κ1) is 12.6. The first-order valence-corrected chi connectivity index (χ1v) is 6.02. The number of hydrogen-bond acceptors (Lipinski definition) is 3. The number of nitrogens with zero attached hydrogens (tertiary/aromatic N) is 1. The fourth-order valence-electron chi connectivity index (χ4n) is 1.64. The molecule has 0 unspecified atom stereocenters. The molecular formula is C12H11BrN2O3. The molecule has 0 fully saturated rings. The van der Waals surface area contributed by atoms with Crippen molar-refractivity contribution in [1.29, 1.82) is 0 Å². The van der Waals surface area contributed by atoms with E-state index < -0.39 is 5.69 Å². The van der Waals surface area contributed by atoms with Crippen LogP contribution in [0.5, 0.6) is 5.75 Å². The standard InChI is InChI=1S/C12H11BrN2O3/c1-18-10-3-2-9(13)6-8(10)7-15-11(16)4-5-14-12(15)17/h2-6H,7H2,1H3,(H,14,17). The summed E-state index contributed by atoms with van der Waals surface area (Å²) in [6, 6.07) is 6.74. The highest BCUT2D eigenvalue weighted by Gasteiger charge is 2.07. The number of benzene rings is 1. The van der Waals surface area contributed by atoms with Crippen molar-refractivity contribution in [3.63, 3.8) is 0 Å². The van der Waals surface area contributed by atoms with Crippen LogP contribution in [0.1, 0.15) is 5.56 Å². The van der Waals surface area contributed by atoms with Gasteiger partial charge >= 0.3 is 5.69 Å². The number of aromatic nitrogens is 2. The molecule has 0 aliphatic heterocycles.